The Morgan fingerprint density at radius 2 is 1.67 bits per heavy atom. The summed E-state index contributed by atoms with van der Waals surface area (Å²) in [5.41, 5.74) is 0.703. The van der Waals surface area contributed by atoms with Gasteiger partial charge in [0.15, 0.2) is 0 Å². The average molecular weight is 286 g/mol. The van der Waals surface area contributed by atoms with Crippen molar-refractivity contribution in [2.45, 2.75) is 71.6 Å². The maximum Gasteiger partial charge on any atom is 0.139 e. The first kappa shape index (κ1) is 13.1. The normalized spacial score (nSPS) is 61.5. The molecule has 0 aromatic carbocycles. The molecule has 0 aliphatic heterocycles. The van der Waals surface area contributed by atoms with E-state index in [1.54, 1.807) is 6.42 Å². The lowest BCUT2D eigenvalue weighted by Gasteiger charge is -2.59. The second-order valence-corrected chi connectivity index (χ2v) is 9.68. The number of carbonyl (C=O) groups excluding carboxylic acids is 1. The van der Waals surface area contributed by atoms with Gasteiger partial charge in [-0.2, -0.15) is 0 Å². The molecule has 21 heavy (non-hydrogen) atoms. The van der Waals surface area contributed by atoms with Crippen LogP contribution in [0.2, 0.25) is 0 Å². The highest BCUT2D eigenvalue weighted by atomic mass is 16.1. The quantitative estimate of drug-likeness (QED) is 0.622. The Hall–Kier alpha value is -0.330. The molecule has 0 amide bonds. The zero-order valence-corrected chi connectivity index (χ0v) is 13.7. The van der Waals surface area contributed by atoms with Crippen LogP contribution in [0.25, 0.3) is 0 Å². The molecule has 1 heteroatoms. The van der Waals surface area contributed by atoms with Gasteiger partial charge in [0.1, 0.15) is 5.78 Å². The predicted molar refractivity (Wildman–Crippen MR) is 83.7 cm³/mol. The van der Waals surface area contributed by atoms with E-state index in [1.807, 2.05) is 0 Å². The molecule has 5 rings (SSSR count). The van der Waals surface area contributed by atoms with Gasteiger partial charge < -0.3 is 0 Å². The van der Waals surface area contributed by atoms with Gasteiger partial charge in [0.2, 0.25) is 0 Å². The Kier molecular flexibility index (Phi) is 2.47. The van der Waals surface area contributed by atoms with Gasteiger partial charge in [-0.3, -0.25) is 4.79 Å². The Morgan fingerprint density at radius 3 is 2.52 bits per heavy atom. The molecule has 8 atom stereocenters. The fourth-order valence-corrected chi connectivity index (χ4v) is 7.92. The van der Waals surface area contributed by atoms with Crippen LogP contribution in [0, 0.1) is 46.3 Å². The number of Topliss-reactive ketones (excluding diaryl/α,β-unsaturated/α-hetero) is 1. The number of hydrogen-bond acceptors (Lipinski definition) is 1. The molecule has 0 saturated heterocycles. The SMILES string of the molecule is C[C@]12CC[C@H]3C[C@H]3[C@@H]1CC[C@@H]1[C@@H]2CC[C@]2(C)C(=O)CC[C@@H]12. The molecule has 116 valence electrons. The van der Waals surface area contributed by atoms with Gasteiger partial charge in [0, 0.05) is 11.8 Å². The molecule has 0 aromatic heterocycles. The minimum absolute atomic E-state index is 0.0706. The molecule has 1 nitrogen and oxygen atoms in total. The lowest BCUT2D eigenvalue weighted by molar-refractivity contribution is -0.139. The summed E-state index contributed by atoms with van der Waals surface area (Å²) in [7, 11) is 0. The van der Waals surface area contributed by atoms with Crippen molar-refractivity contribution in [1.82, 2.24) is 0 Å². The summed E-state index contributed by atoms with van der Waals surface area (Å²) >= 11 is 0. The van der Waals surface area contributed by atoms with Crippen molar-refractivity contribution in [3.63, 3.8) is 0 Å². The first-order valence-electron chi connectivity index (χ1n) is 9.57. The summed E-state index contributed by atoms with van der Waals surface area (Å²) in [4.78, 5) is 12.4. The van der Waals surface area contributed by atoms with Crippen molar-refractivity contribution in [3.05, 3.63) is 0 Å². The van der Waals surface area contributed by atoms with Crippen molar-refractivity contribution in [3.8, 4) is 0 Å². The minimum atomic E-state index is 0.0706. The number of ketones is 1. The van der Waals surface area contributed by atoms with Crippen LogP contribution in [0.15, 0.2) is 0 Å². The van der Waals surface area contributed by atoms with Crippen molar-refractivity contribution >= 4 is 5.78 Å². The standard InChI is InChI=1S/C20H30O/c1-19-9-7-12-11-14(12)16(19)4-3-13-15-5-6-18(21)20(15,2)10-8-17(13)19/h12-17H,3-11H2,1-2H3/t12-,13-,14+,15-,16-,17-,19-,20-/m0/s1. The molecule has 5 saturated carbocycles. The lowest BCUT2D eigenvalue weighted by Crippen LogP contribution is -2.53. The fourth-order valence-electron chi connectivity index (χ4n) is 7.92. The van der Waals surface area contributed by atoms with Crippen molar-refractivity contribution in [2.24, 2.45) is 46.3 Å². The van der Waals surface area contributed by atoms with E-state index in [1.165, 1.54) is 44.9 Å². The minimum Gasteiger partial charge on any atom is -0.299 e. The van der Waals surface area contributed by atoms with Gasteiger partial charge in [-0.1, -0.05) is 13.8 Å². The molecule has 0 unspecified atom stereocenters. The monoisotopic (exact) mass is 286 g/mol. The zero-order chi connectivity index (χ0) is 14.4. The molecule has 0 radical (unpaired) electrons. The summed E-state index contributed by atoms with van der Waals surface area (Å²) in [5, 5.41) is 0. The molecule has 5 aliphatic rings. The van der Waals surface area contributed by atoms with Crippen LogP contribution in [0.5, 0.6) is 0 Å². The third-order valence-electron chi connectivity index (χ3n) is 9.20. The van der Waals surface area contributed by atoms with Crippen LogP contribution in [0.1, 0.15) is 71.6 Å². The van der Waals surface area contributed by atoms with Crippen LogP contribution in [-0.2, 0) is 4.79 Å². The molecule has 0 N–H and O–H groups in total. The Labute approximate surface area is 129 Å². The topological polar surface area (TPSA) is 17.1 Å². The van der Waals surface area contributed by atoms with Crippen LogP contribution in [0.4, 0.5) is 0 Å². The van der Waals surface area contributed by atoms with E-state index in [2.05, 4.69) is 13.8 Å². The Bertz CT molecular complexity index is 496. The van der Waals surface area contributed by atoms with Gasteiger partial charge in [-0.05, 0) is 92.3 Å². The van der Waals surface area contributed by atoms with E-state index in [-0.39, 0.29) is 5.41 Å². The molecule has 5 aliphatic carbocycles. The van der Waals surface area contributed by atoms with E-state index in [0.717, 1.165) is 41.9 Å². The van der Waals surface area contributed by atoms with Crippen molar-refractivity contribution in [2.75, 3.05) is 0 Å². The molecular weight excluding hydrogens is 256 g/mol. The zero-order valence-electron chi connectivity index (χ0n) is 13.7. The largest absolute Gasteiger partial charge is 0.299 e. The summed E-state index contributed by atoms with van der Waals surface area (Å²) in [6.07, 6.45) is 12.2. The third-order valence-corrected chi connectivity index (χ3v) is 9.20. The lowest BCUT2D eigenvalue weighted by atomic mass is 9.45. The van der Waals surface area contributed by atoms with E-state index < -0.39 is 0 Å². The van der Waals surface area contributed by atoms with Gasteiger partial charge in [0.05, 0.1) is 0 Å². The van der Waals surface area contributed by atoms with Gasteiger partial charge in [0.25, 0.3) is 0 Å². The number of rotatable bonds is 0. The molecule has 0 aromatic rings. The predicted octanol–water partition coefficient (Wildman–Crippen LogP) is 4.84. The summed E-state index contributed by atoms with van der Waals surface area (Å²) in [6, 6.07) is 0. The van der Waals surface area contributed by atoms with Crippen LogP contribution in [-0.4, -0.2) is 5.78 Å². The maximum atomic E-state index is 12.4. The third kappa shape index (κ3) is 1.51. The molecule has 0 bridgehead atoms. The van der Waals surface area contributed by atoms with Crippen molar-refractivity contribution < 1.29 is 4.79 Å². The highest BCUT2D eigenvalue weighted by molar-refractivity contribution is 5.87. The number of carbonyl (C=O) groups is 1. The molecule has 0 spiro atoms. The van der Waals surface area contributed by atoms with E-state index in [4.69, 9.17) is 0 Å². The number of hydrogen-bond donors (Lipinski definition) is 0. The maximum absolute atomic E-state index is 12.4. The van der Waals surface area contributed by atoms with Gasteiger partial charge in [-0.15, -0.1) is 0 Å². The fraction of sp³-hybridized carbons (Fsp3) is 0.950. The smallest absolute Gasteiger partial charge is 0.139 e. The number of fused-ring (bicyclic) bond motifs is 7. The van der Waals surface area contributed by atoms with Gasteiger partial charge in [-0.25, -0.2) is 0 Å². The van der Waals surface area contributed by atoms with Crippen LogP contribution < -0.4 is 0 Å². The van der Waals surface area contributed by atoms with E-state index >= 15 is 0 Å². The Balaban J connectivity index is 1.49. The van der Waals surface area contributed by atoms with Crippen molar-refractivity contribution in [1.29, 1.82) is 0 Å². The second-order valence-electron chi connectivity index (χ2n) is 9.68. The summed E-state index contributed by atoms with van der Waals surface area (Å²) < 4.78 is 0. The highest BCUT2D eigenvalue weighted by Gasteiger charge is 2.63. The van der Waals surface area contributed by atoms with Gasteiger partial charge >= 0.3 is 0 Å². The molecule has 0 heterocycles. The average Bonchev–Trinajstić information content (AvgIpc) is 3.18. The molecular formula is C20H30O. The molecule has 5 fully saturated rings. The van der Waals surface area contributed by atoms with E-state index in [0.29, 0.717) is 11.2 Å². The van der Waals surface area contributed by atoms with Crippen LogP contribution >= 0.6 is 0 Å². The summed E-state index contributed by atoms with van der Waals surface area (Å²) in [6.45, 7) is 4.97. The highest BCUT2D eigenvalue weighted by Crippen LogP contribution is 2.70. The second kappa shape index (κ2) is 3.95. The van der Waals surface area contributed by atoms with Crippen LogP contribution in [0.3, 0.4) is 0 Å². The van der Waals surface area contributed by atoms with E-state index in [9.17, 15) is 4.79 Å². The summed E-state index contributed by atoms with van der Waals surface area (Å²) in [5.74, 6) is 6.42. The Morgan fingerprint density at radius 1 is 0.857 bits per heavy atom. The first-order chi connectivity index (χ1) is 10.0. The first-order valence-corrected chi connectivity index (χ1v) is 9.57.